The number of hydrogen-bond acceptors (Lipinski definition) is 9. The molecule has 11 heteroatoms. The van der Waals surface area contributed by atoms with E-state index in [1.807, 2.05) is 36.4 Å². The summed E-state index contributed by atoms with van der Waals surface area (Å²) in [4.78, 5) is 33.8. The van der Waals surface area contributed by atoms with Crippen LogP contribution in [0.5, 0.6) is 0 Å². The van der Waals surface area contributed by atoms with E-state index >= 15 is 0 Å². The number of urea groups is 1. The summed E-state index contributed by atoms with van der Waals surface area (Å²) in [7, 11) is 2.15. The second-order valence-electron chi connectivity index (χ2n) is 11.4. The maximum atomic E-state index is 12.7. The number of amides is 2. The third-order valence-corrected chi connectivity index (χ3v) is 7.76. The molecule has 3 aromatic rings. The molecule has 2 amide bonds. The summed E-state index contributed by atoms with van der Waals surface area (Å²) >= 11 is 0. The van der Waals surface area contributed by atoms with Crippen molar-refractivity contribution in [2.24, 2.45) is 0 Å². The molecule has 0 aliphatic carbocycles. The molecule has 2 unspecified atom stereocenters. The second-order valence-corrected chi connectivity index (χ2v) is 11.4. The van der Waals surface area contributed by atoms with E-state index in [4.69, 9.17) is 14.7 Å². The topological polar surface area (TPSA) is 111 Å². The van der Waals surface area contributed by atoms with Gasteiger partial charge >= 0.3 is 6.03 Å². The highest BCUT2D eigenvalue weighted by molar-refractivity contribution is 5.99. The molecule has 0 radical (unpaired) electrons. The Morgan fingerprint density at radius 1 is 0.829 bits per heavy atom. The molecular weight excluding hydrogens is 518 g/mol. The zero-order valence-electron chi connectivity index (χ0n) is 24.0. The summed E-state index contributed by atoms with van der Waals surface area (Å²) < 4.78 is 6.00. The number of morpholine rings is 1. The molecular formula is C30H39N9O2. The molecule has 3 saturated heterocycles. The second kappa shape index (κ2) is 11.9. The van der Waals surface area contributed by atoms with Gasteiger partial charge in [0.05, 0.1) is 12.2 Å². The van der Waals surface area contributed by atoms with Crippen LogP contribution in [0.2, 0.25) is 0 Å². The minimum absolute atomic E-state index is 0.187. The first-order valence-corrected chi connectivity index (χ1v) is 14.5. The molecule has 4 heterocycles. The van der Waals surface area contributed by atoms with E-state index in [0.29, 0.717) is 23.4 Å². The highest BCUT2D eigenvalue weighted by Gasteiger charge is 2.35. The minimum Gasteiger partial charge on any atom is -0.371 e. The first-order chi connectivity index (χ1) is 19.9. The van der Waals surface area contributed by atoms with Gasteiger partial charge in [0.15, 0.2) is 5.82 Å². The SMILES string of the molecule is CC(C)Nc1nc(-c2ccc(NC(=O)Nc3ccc(N4CCN(C)CC4)cc3)cc2)nc(N2CC3CCC(C2)O3)n1. The lowest BCUT2D eigenvalue weighted by Gasteiger charge is -2.34. The summed E-state index contributed by atoms with van der Waals surface area (Å²) in [6.07, 6.45) is 2.64. The third-order valence-electron chi connectivity index (χ3n) is 7.76. The molecule has 0 saturated carbocycles. The first kappa shape index (κ1) is 27.2. The van der Waals surface area contributed by atoms with E-state index in [2.05, 4.69) is 68.7 Å². The number of likely N-dealkylation sites (N-methyl/N-ethyl adjacent to an activating group) is 1. The number of rotatable bonds is 7. The van der Waals surface area contributed by atoms with E-state index in [-0.39, 0.29) is 24.3 Å². The molecule has 0 spiro atoms. The molecule has 3 aliphatic rings. The third kappa shape index (κ3) is 6.68. The summed E-state index contributed by atoms with van der Waals surface area (Å²) in [6.45, 7) is 9.83. The molecule has 3 fully saturated rings. The van der Waals surface area contributed by atoms with Crippen LogP contribution in [0.25, 0.3) is 11.4 Å². The van der Waals surface area contributed by atoms with E-state index in [1.54, 1.807) is 0 Å². The predicted octanol–water partition coefficient (Wildman–Crippen LogP) is 4.12. The van der Waals surface area contributed by atoms with Crippen LogP contribution in [-0.4, -0.2) is 90.4 Å². The number of fused-ring (bicyclic) bond motifs is 2. The van der Waals surface area contributed by atoms with Crippen LogP contribution in [0.4, 0.5) is 33.8 Å². The lowest BCUT2D eigenvalue weighted by Crippen LogP contribution is -2.44. The summed E-state index contributed by atoms with van der Waals surface area (Å²) in [5, 5.41) is 9.16. The van der Waals surface area contributed by atoms with Crippen LogP contribution in [0.15, 0.2) is 48.5 Å². The molecule has 3 N–H and O–H groups in total. The van der Waals surface area contributed by atoms with Crippen molar-refractivity contribution in [3.05, 3.63) is 48.5 Å². The van der Waals surface area contributed by atoms with Crippen LogP contribution in [0.1, 0.15) is 26.7 Å². The van der Waals surface area contributed by atoms with Crippen molar-refractivity contribution in [2.75, 3.05) is 72.1 Å². The summed E-state index contributed by atoms with van der Waals surface area (Å²) in [5.74, 6) is 1.81. The van der Waals surface area contributed by atoms with Crippen molar-refractivity contribution in [2.45, 2.75) is 44.9 Å². The van der Waals surface area contributed by atoms with Crippen LogP contribution >= 0.6 is 0 Å². The standard InChI is InChI=1S/C30H39N9O2/c1-20(2)31-28-34-27(35-29(36-28)39-18-25-12-13-26(19-39)41-25)21-4-6-22(7-5-21)32-30(40)33-23-8-10-24(11-9-23)38-16-14-37(3)15-17-38/h4-11,20,25-26H,12-19H2,1-3H3,(H2,32,33,40)(H,31,34,35,36). The molecule has 2 aromatic carbocycles. The molecule has 41 heavy (non-hydrogen) atoms. The highest BCUT2D eigenvalue weighted by Crippen LogP contribution is 2.30. The maximum Gasteiger partial charge on any atom is 0.323 e. The summed E-state index contributed by atoms with van der Waals surface area (Å²) in [6, 6.07) is 15.5. The minimum atomic E-state index is -0.294. The first-order valence-electron chi connectivity index (χ1n) is 14.5. The number of nitrogens with zero attached hydrogens (tertiary/aromatic N) is 6. The average molecular weight is 558 g/mol. The van der Waals surface area contributed by atoms with Gasteiger partial charge in [0.2, 0.25) is 11.9 Å². The molecule has 1 aromatic heterocycles. The van der Waals surface area contributed by atoms with Crippen LogP contribution in [-0.2, 0) is 4.74 Å². The number of nitrogens with one attached hydrogen (secondary N) is 3. The maximum absolute atomic E-state index is 12.7. The fourth-order valence-corrected chi connectivity index (χ4v) is 5.55. The van der Waals surface area contributed by atoms with E-state index in [0.717, 1.165) is 63.4 Å². The van der Waals surface area contributed by atoms with Gasteiger partial charge in [-0.3, -0.25) is 0 Å². The van der Waals surface area contributed by atoms with Gasteiger partial charge in [0.1, 0.15) is 0 Å². The van der Waals surface area contributed by atoms with Gasteiger partial charge in [0.25, 0.3) is 0 Å². The zero-order chi connectivity index (χ0) is 28.3. The molecule has 6 rings (SSSR count). The van der Waals surface area contributed by atoms with Gasteiger partial charge in [-0.1, -0.05) is 0 Å². The van der Waals surface area contributed by atoms with E-state index in [9.17, 15) is 4.79 Å². The van der Waals surface area contributed by atoms with Crippen LogP contribution < -0.4 is 25.8 Å². The highest BCUT2D eigenvalue weighted by atomic mass is 16.5. The number of carbonyl (C=O) groups excluding carboxylic acids is 1. The van der Waals surface area contributed by atoms with Gasteiger partial charge in [-0.25, -0.2) is 4.79 Å². The summed E-state index contributed by atoms with van der Waals surface area (Å²) in [5.41, 5.74) is 3.45. The van der Waals surface area contributed by atoms with Crippen LogP contribution in [0, 0.1) is 0 Å². The molecule has 216 valence electrons. The predicted molar refractivity (Wildman–Crippen MR) is 163 cm³/mol. The quantitative estimate of drug-likeness (QED) is 0.395. The van der Waals surface area contributed by atoms with Gasteiger partial charge in [0, 0.05) is 67.9 Å². The Balaban J connectivity index is 1.10. The van der Waals surface area contributed by atoms with Crippen molar-refractivity contribution < 1.29 is 9.53 Å². The van der Waals surface area contributed by atoms with Crippen molar-refractivity contribution in [1.29, 1.82) is 0 Å². The lowest BCUT2D eigenvalue weighted by molar-refractivity contribution is 0.0299. The van der Waals surface area contributed by atoms with E-state index < -0.39 is 0 Å². The number of ether oxygens (including phenoxy) is 1. The molecule has 11 nitrogen and oxygen atoms in total. The number of aromatic nitrogens is 3. The molecule has 2 atom stereocenters. The number of anilines is 5. The Kier molecular flexibility index (Phi) is 7.89. The number of hydrogen-bond donors (Lipinski definition) is 3. The Labute approximate surface area is 241 Å². The van der Waals surface area contributed by atoms with Crippen molar-refractivity contribution in [3.63, 3.8) is 0 Å². The number of carbonyl (C=O) groups is 1. The largest absolute Gasteiger partial charge is 0.371 e. The van der Waals surface area contributed by atoms with Crippen molar-refractivity contribution >= 4 is 35.0 Å². The number of piperazine rings is 1. The van der Waals surface area contributed by atoms with Gasteiger partial charge in [-0.05, 0) is 82.3 Å². The normalized spacial score (nSPS) is 20.8. The Hall–Kier alpha value is -3.96. The molecule has 3 aliphatic heterocycles. The molecule has 2 bridgehead atoms. The zero-order valence-corrected chi connectivity index (χ0v) is 24.0. The average Bonchev–Trinajstić information content (AvgIpc) is 3.30. The number of benzene rings is 2. The van der Waals surface area contributed by atoms with Crippen molar-refractivity contribution in [3.8, 4) is 11.4 Å². The smallest absolute Gasteiger partial charge is 0.323 e. The van der Waals surface area contributed by atoms with Crippen LogP contribution in [0.3, 0.4) is 0 Å². The Bertz CT molecular complexity index is 1330. The van der Waals surface area contributed by atoms with Crippen molar-refractivity contribution in [1.82, 2.24) is 19.9 Å². The van der Waals surface area contributed by atoms with E-state index in [1.165, 1.54) is 5.69 Å². The fraction of sp³-hybridized carbons (Fsp3) is 0.467. The van der Waals surface area contributed by atoms with Gasteiger partial charge in [-0.15, -0.1) is 0 Å². The van der Waals surface area contributed by atoms with Gasteiger partial charge < -0.3 is 35.4 Å². The van der Waals surface area contributed by atoms with Gasteiger partial charge in [-0.2, -0.15) is 15.0 Å². The Morgan fingerprint density at radius 3 is 2.05 bits per heavy atom. The lowest BCUT2D eigenvalue weighted by atomic mass is 10.2. The monoisotopic (exact) mass is 557 g/mol. The fourth-order valence-electron chi connectivity index (χ4n) is 5.55. The Morgan fingerprint density at radius 2 is 1.44 bits per heavy atom.